The first-order valence-corrected chi connectivity index (χ1v) is 8.80. The number of ketones is 1. The fourth-order valence-electron chi connectivity index (χ4n) is 3.45. The summed E-state index contributed by atoms with van der Waals surface area (Å²) < 4.78 is 19.0. The average molecular weight is 363 g/mol. The summed E-state index contributed by atoms with van der Waals surface area (Å²) in [6, 6.07) is 17.4. The van der Waals surface area contributed by atoms with E-state index in [2.05, 4.69) is 5.32 Å². The van der Waals surface area contributed by atoms with Crippen molar-refractivity contribution < 1.29 is 18.7 Å². The maximum atomic E-state index is 13.3. The molecule has 1 N–H and O–H groups in total. The van der Waals surface area contributed by atoms with Gasteiger partial charge in [0.05, 0.1) is 18.0 Å². The summed E-state index contributed by atoms with van der Waals surface area (Å²) in [6.45, 7) is 1.90. The third kappa shape index (κ3) is 3.28. The molecule has 1 aliphatic rings. The minimum atomic E-state index is -0.923. The molecule has 0 saturated heterocycles. The van der Waals surface area contributed by atoms with Crippen molar-refractivity contribution in [2.24, 2.45) is 0 Å². The summed E-state index contributed by atoms with van der Waals surface area (Å²) >= 11 is 0. The van der Waals surface area contributed by atoms with E-state index < -0.39 is 11.9 Å². The zero-order chi connectivity index (χ0) is 19.0. The summed E-state index contributed by atoms with van der Waals surface area (Å²) in [6.07, 6.45) is -1.03. The van der Waals surface area contributed by atoms with Gasteiger partial charge in [-0.1, -0.05) is 42.5 Å². The molecule has 3 aromatic carbocycles. The van der Waals surface area contributed by atoms with Crippen molar-refractivity contribution in [2.75, 3.05) is 0 Å². The van der Waals surface area contributed by atoms with E-state index in [1.54, 1.807) is 0 Å². The van der Waals surface area contributed by atoms with Gasteiger partial charge in [-0.15, -0.1) is 0 Å². The van der Waals surface area contributed by atoms with Crippen molar-refractivity contribution in [3.05, 3.63) is 77.6 Å². The van der Waals surface area contributed by atoms with Gasteiger partial charge < -0.3 is 10.1 Å². The van der Waals surface area contributed by atoms with Crippen LogP contribution in [0.15, 0.2) is 60.7 Å². The van der Waals surface area contributed by atoms with Crippen LogP contribution in [0.5, 0.6) is 5.75 Å². The molecule has 4 rings (SSSR count). The zero-order valence-corrected chi connectivity index (χ0v) is 14.7. The fourth-order valence-corrected chi connectivity index (χ4v) is 3.45. The van der Waals surface area contributed by atoms with Crippen LogP contribution in [0.3, 0.4) is 0 Å². The SMILES string of the molecule is C[C@@H](NC(=O)C1CC(=O)c2cc(F)ccc2O1)c1cccc2ccccc12. The fraction of sp³-hybridized carbons (Fsp3) is 0.182. The first-order chi connectivity index (χ1) is 13.0. The van der Waals surface area contributed by atoms with Gasteiger partial charge >= 0.3 is 0 Å². The zero-order valence-electron chi connectivity index (χ0n) is 14.7. The first-order valence-electron chi connectivity index (χ1n) is 8.80. The lowest BCUT2D eigenvalue weighted by Crippen LogP contribution is -2.43. The Labute approximate surface area is 156 Å². The van der Waals surface area contributed by atoms with E-state index >= 15 is 0 Å². The number of fused-ring (bicyclic) bond motifs is 2. The molecule has 4 nitrogen and oxygen atoms in total. The van der Waals surface area contributed by atoms with Gasteiger partial charge in [-0.05, 0) is 41.5 Å². The molecular formula is C22H18FNO3. The molecule has 5 heteroatoms. The highest BCUT2D eigenvalue weighted by atomic mass is 19.1. The minimum absolute atomic E-state index is 0.107. The van der Waals surface area contributed by atoms with Crippen LogP contribution in [-0.4, -0.2) is 17.8 Å². The number of hydrogen-bond acceptors (Lipinski definition) is 3. The number of amides is 1. The summed E-state index contributed by atoms with van der Waals surface area (Å²) in [5, 5.41) is 5.09. The van der Waals surface area contributed by atoms with Gasteiger partial charge in [-0.3, -0.25) is 9.59 Å². The molecule has 2 atom stereocenters. The number of carbonyl (C=O) groups excluding carboxylic acids is 2. The molecule has 136 valence electrons. The molecule has 27 heavy (non-hydrogen) atoms. The molecule has 1 aliphatic heterocycles. The first kappa shape index (κ1) is 17.2. The van der Waals surface area contributed by atoms with Gasteiger partial charge in [-0.25, -0.2) is 4.39 Å². The van der Waals surface area contributed by atoms with Crippen LogP contribution in [0.1, 0.15) is 35.3 Å². The Morgan fingerprint density at radius 1 is 1.15 bits per heavy atom. The molecule has 1 unspecified atom stereocenters. The topological polar surface area (TPSA) is 55.4 Å². The van der Waals surface area contributed by atoms with E-state index in [0.717, 1.165) is 22.4 Å². The molecule has 0 fully saturated rings. The van der Waals surface area contributed by atoms with Crippen molar-refractivity contribution in [2.45, 2.75) is 25.5 Å². The highest BCUT2D eigenvalue weighted by molar-refractivity contribution is 6.03. The summed E-state index contributed by atoms with van der Waals surface area (Å²) in [7, 11) is 0. The van der Waals surface area contributed by atoms with E-state index in [9.17, 15) is 14.0 Å². The number of hydrogen-bond donors (Lipinski definition) is 1. The Kier molecular flexibility index (Phi) is 4.36. The van der Waals surface area contributed by atoms with Crippen molar-refractivity contribution in [3.63, 3.8) is 0 Å². The van der Waals surface area contributed by atoms with Crippen LogP contribution in [0.2, 0.25) is 0 Å². The van der Waals surface area contributed by atoms with E-state index in [-0.39, 0.29) is 35.5 Å². The third-order valence-corrected chi connectivity index (χ3v) is 4.82. The second-order valence-electron chi connectivity index (χ2n) is 6.67. The molecule has 0 radical (unpaired) electrons. The normalized spacial score (nSPS) is 17.1. The Hall–Kier alpha value is -3.21. The van der Waals surface area contributed by atoms with Crippen LogP contribution >= 0.6 is 0 Å². The molecule has 1 heterocycles. The van der Waals surface area contributed by atoms with Crippen molar-refractivity contribution in [1.29, 1.82) is 0 Å². The lowest BCUT2D eigenvalue weighted by atomic mass is 9.98. The number of rotatable bonds is 3. The van der Waals surface area contributed by atoms with Gasteiger partial charge in [0, 0.05) is 0 Å². The molecule has 0 bridgehead atoms. The van der Waals surface area contributed by atoms with E-state index in [1.807, 2.05) is 49.4 Å². The van der Waals surface area contributed by atoms with E-state index in [1.165, 1.54) is 12.1 Å². The summed E-state index contributed by atoms with van der Waals surface area (Å²) in [5.41, 5.74) is 1.17. The maximum Gasteiger partial charge on any atom is 0.262 e. The maximum absolute atomic E-state index is 13.3. The van der Waals surface area contributed by atoms with Crippen LogP contribution in [-0.2, 0) is 4.79 Å². The van der Waals surface area contributed by atoms with Crippen molar-refractivity contribution in [3.8, 4) is 5.75 Å². The second-order valence-corrected chi connectivity index (χ2v) is 6.67. The van der Waals surface area contributed by atoms with Gasteiger partial charge in [0.25, 0.3) is 5.91 Å². The number of Topliss-reactive ketones (excluding diaryl/α,β-unsaturated/α-hetero) is 1. The number of benzene rings is 3. The third-order valence-electron chi connectivity index (χ3n) is 4.82. The summed E-state index contributed by atoms with van der Waals surface area (Å²) in [5.74, 6) is -0.920. The van der Waals surface area contributed by atoms with Gasteiger partial charge in [-0.2, -0.15) is 0 Å². The quantitative estimate of drug-likeness (QED) is 0.759. The minimum Gasteiger partial charge on any atom is -0.479 e. The number of halogens is 1. The van der Waals surface area contributed by atoms with Crippen molar-refractivity contribution in [1.82, 2.24) is 5.32 Å². The van der Waals surface area contributed by atoms with E-state index in [0.29, 0.717) is 0 Å². The van der Waals surface area contributed by atoms with Crippen LogP contribution in [0.4, 0.5) is 4.39 Å². The molecular weight excluding hydrogens is 345 g/mol. The number of ether oxygens (including phenoxy) is 1. The molecule has 0 aliphatic carbocycles. The molecule has 3 aromatic rings. The Balaban J connectivity index is 1.54. The predicted octanol–water partition coefficient (Wildman–Crippen LogP) is 4.19. The lowest BCUT2D eigenvalue weighted by Gasteiger charge is -2.26. The predicted molar refractivity (Wildman–Crippen MR) is 100 cm³/mol. The Bertz CT molecular complexity index is 1040. The van der Waals surface area contributed by atoms with Gasteiger partial charge in [0.1, 0.15) is 11.6 Å². The van der Waals surface area contributed by atoms with Crippen molar-refractivity contribution >= 4 is 22.5 Å². The van der Waals surface area contributed by atoms with Crippen LogP contribution < -0.4 is 10.1 Å². The smallest absolute Gasteiger partial charge is 0.262 e. The second kappa shape index (κ2) is 6.83. The Morgan fingerprint density at radius 3 is 2.78 bits per heavy atom. The summed E-state index contributed by atoms with van der Waals surface area (Å²) in [4.78, 5) is 24.9. The van der Waals surface area contributed by atoms with Crippen LogP contribution in [0.25, 0.3) is 10.8 Å². The molecule has 0 saturated carbocycles. The lowest BCUT2D eigenvalue weighted by molar-refractivity contribution is -0.128. The average Bonchev–Trinajstić information content (AvgIpc) is 2.67. The molecule has 0 spiro atoms. The molecule has 0 aromatic heterocycles. The standard InChI is InChI=1S/C22H18FNO3/c1-13(16-8-4-6-14-5-2-3-7-17(14)16)24-22(26)21-12-19(25)18-11-15(23)9-10-20(18)27-21/h2-11,13,21H,12H2,1H3,(H,24,26)/t13-,21?/m1/s1. The monoisotopic (exact) mass is 363 g/mol. The largest absolute Gasteiger partial charge is 0.479 e. The number of carbonyl (C=O) groups is 2. The van der Waals surface area contributed by atoms with Gasteiger partial charge in [0.2, 0.25) is 0 Å². The number of nitrogens with one attached hydrogen (secondary N) is 1. The van der Waals surface area contributed by atoms with E-state index in [4.69, 9.17) is 4.74 Å². The molecule has 1 amide bonds. The highest BCUT2D eigenvalue weighted by Gasteiger charge is 2.32. The Morgan fingerprint density at radius 2 is 1.93 bits per heavy atom. The van der Waals surface area contributed by atoms with Crippen LogP contribution in [0, 0.1) is 5.82 Å². The highest BCUT2D eigenvalue weighted by Crippen LogP contribution is 2.29. The van der Waals surface area contributed by atoms with Gasteiger partial charge in [0.15, 0.2) is 11.9 Å².